The molecular formula is C10H21Cl. The van der Waals surface area contributed by atoms with Gasteiger partial charge in [0.25, 0.3) is 0 Å². The maximum atomic E-state index is 6.39. The molecule has 1 atom stereocenters. The van der Waals surface area contributed by atoms with E-state index in [2.05, 4.69) is 34.6 Å². The van der Waals surface area contributed by atoms with E-state index in [1.807, 2.05) is 0 Å². The first-order valence-electron chi connectivity index (χ1n) is 4.50. The predicted octanol–water partition coefficient (Wildman–Crippen LogP) is 4.22. The van der Waals surface area contributed by atoms with Crippen LogP contribution in [0.2, 0.25) is 0 Å². The van der Waals surface area contributed by atoms with E-state index in [4.69, 9.17) is 11.6 Å². The summed E-state index contributed by atoms with van der Waals surface area (Å²) in [5, 5.41) is 0. The molecule has 68 valence electrons. The second kappa shape index (κ2) is 3.80. The number of rotatable bonds is 3. The molecule has 0 N–H and O–H groups in total. The highest BCUT2D eigenvalue weighted by atomic mass is 35.5. The molecule has 0 saturated carbocycles. The molecule has 11 heavy (non-hydrogen) atoms. The molecule has 1 unspecified atom stereocenters. The maximum absolute atomic E-state index is 6.39. The highest BCUT2D eigenvalue weighted by Crippen LogP contribution is 2.39. The standard InChI is InChI=1S/C10H21Cl/c1-6-7-8-10(5,11)9(2,3)4/h6-8H2,1-5H3. The molecule has 1 heteroatoms. The molecule has 0 aliphatic heterocycles. The van der Waals surface area contributed by atoms with Gasteiger partial charge in [0.2, 0.25) is 0 Å². The zero-order valence-electron chi connectivity index (χ0n) is 8.50. The van der Waals surface area contributed by atoms with E-state index in [-0.39, 0.29) is 10.3 Å². The summed E-state index contributed by atoms with van der Waals surface area (Å²) in [5.41, 5.74) is 0.212. The van der Waals surface area contributed by atoms with Crippen molar-refractivity contribution in [3.63, 3.8) is 0 Å². The summed E-state index contributed by atoms with van der Waals surface area (Å²) in [4.78, 5) is -0.0387. The topological polar surface area (TPSA) is 0 Å². The van der Waals surface area contributed by atoms with E-state index in [1.54, 1.807) is 0 Å². The van der Waals surface area contributed by atoms with Crippen LogP contribution in [0.15, 0.2) is 0 Å². The third-order valence-electron chi connectivity index (χ3n) is 2.56. The van der Waals surface area contributed by atoms with Gasteiger partial charge in [0, 0.05) is 4.87 Å². The fourth-order valence-electron chi connectivity index (χ4n) is 0.884. The molecule has 0 rings (SSSR count). The van der Waals surface area contributed by atoms with Gasteiger partial charge in [0.1, 0.15) is 0 Å². The van der Waals surface area contributed by atoms with E-state index in [0.29, 0.717) is 0 Å². The number of unbranched alkanes of at least 4 members (excludes halogenated alkanes) is 1. The fourth-order valence-corrected chi connectivity index (χ4v) is 1.02. The monoisotopic (exact) mass is 176 g/mol. The first-order chi connectivity index (χ1) is 4.81. The van der Waals surface area contributed by atoms with Crippen molar-refractivity contribution in [2.75, 3.05) is 0 Å². The Balaban J connectivity index is 4.00. The van der Waals surface area contributed by atoms with E-state index < -0.39 is 0 Å². The molecule has 0 amide bonds. The van der Waals surface area contributed by atoms with Crippen molar-refractivity contribution in [2.24, 2.45) is 5.41 Å². The van der Waals surface area contributed by atoms with Gasteiger partial charge in [-0.1, -0.05) is 40.5 Å². The first-order valence-corrected chi connectivity index (χ1v) is 4.88. The van der Waals surface area contributed by atoms with Crippen molar-refractivity contribution in [2.45, 2.75) is 58.8 Å². The number of hydrogen-bond donors (Lipinski definition) is 0. The molecule has 0 fully saturated rings. The Hall–Kier alpha value is 0.290. The Labute approximate surface area is 76.3 Å². The molecule has 0 aromatic heterocycles. The predicted molar refractivity (Wildman–Crippen MR) is 53.2 cm³/mol. The zero-order chi connectivity index (χ0) is 9.12. The van der Waals surface area contributed by atoms with Crippen LogP contribution in [-0.4, -0.2) is 4.87 Å². The summed E-state index contributed by atoms with van der Waals surface area (Å²) in [6.45, 7) is 11.0. The number of hydrogen-bond acceptors (Lipinski definition) is 0. The number of alkyl halides is 1. The van der Waals surface area contributed by atoms with Crippen LogP contribution in [0.1, 0.15) is 53.9 Å². The van der Waals surface area contributed by atoms with Crippen LogP contribution in [0.25, 0.3) is 0 Å². The van der Waals surface area contributed by atoms with Crippen LogP contribution in [0.3, 0.4) is 0 Å². The number of halogens is 1. The summed E-state index contributed by atoms with van der Waals surface area (Å²) in [6.07, 6.45) is 3.59. The highest BCUT2D eigenvalue weighted by Gasteiger charge is 2.34. The molecule has 0 aliphatic rings. The van der Waals surface area contributed by atoms with Gasteiger partial charge >= 0.3 is 0 Å². The smallest absolute Gasteiger partial charge is 0.0466 e. The molecule has 0 aromatic rings. The van der Waals surface area contributed by atoms with Gasteiger partial charge in [-0.15, -0.1) is 11.6 Å². The van der Waals surface area contributed by atoms with E-state index in [1.165, 1.54) is 12.8 Å². The van der Waals surface area contributed by atoms with Crippen molar-refractivity contribution in [1.82, 2.24) is 0 Å². The lowest BCUT2D eigenvalue weighted by Gasteiger charge is -2.36. The summed E-state index contributed by atoms with van der Waals surface area (Å²) in [6, 6.07) is 0. The lowest BCUT2D eigenvalue weighted by Crippen LogP contribution is -2.33. The minimum Gasteiger partial charge on any atom is -0.119 e. The Morgan fingerprint density at radius 2 is 1.55 bits per heavy atom. The molecule has 0 aliphatic carbocycles. The van der Waals surface area contributed by atoms with Crippen molar-refractivity contribution in [3.05, 3.63) is 0 Å². The molecule has 0 radical (unpaired) electrons. The van der Waals surface area contributed by atoms with Gasteiger partial charge in [-0.2, -0.15) is 0 Å². The second-order valence-corrected chi connectivity index (χ2v) is 5.39. The van der Waals surface area contributed by atoms with Crippen LogP contribution in [-0.2, 0) is 0 Å². The average Bonchev–Trinajstić information content (AvgIpc) is 1.81. The lowest BCUT2D eigenvalue weighted by atomic mass is 9.78. The summed E-state index contributed by atoms with van der Waals surface area (Å²) >= 11 is 6.39. The van der Waals surface area contributed by atoms with Crippen LogP contribution in [0, 0.1) is 5.41 Å². The molecule has 0 saturated heterocycles. The van der Waals surface area contributed by atoms with Gasteiger partial charge in [-0.05, 0) is 18.8 Å². The minimum absolute atomic E-state index is 0.0387. The quantitative estimate of drug-likeness (QED) is 0.565. The molecule has 0 nitrogen and oxygen atoms in total. The van der Waals surface area contributed by atoms with Crippen molar-refractivity contribution in [3.8, 4) is 0 Å². The van der Waals surface area contributed by atoms with Gasteiger partial charge in [-0.3, -0.25) is 0 Å². The zero-order valence-corrected chi connectivity index (χ0v) is 9.26. The Morgan fingerprint density at radius 1 is 1.09 bits per heavy atom. The van der Waals surface area contributed by atoms with Crippen molar-refractivity contribution < 1.29 is 0 Å². The third kappa shape index (κ3) is 3.46. The van der Waals surface area contributed by atoms with Gasteiger partial charge in [-0.25, -0.2) is 0 Å². The van der Waals surface area contributed by atoms with E-state index in [9.17, 15) is 0 Å². The van der Waals surface area contributed by atoms with Crippen molar-refractivity contribution >= 4 is 11.6 Å². The Bertz CT molecular complexity index is 109. The van der Waals surface area contributed by atoms with Crippen LogP contribution in [0.4, 0.5) is 0 Å². The molecule has 0 heterocycles. The largest absolute Gasteiger partial charge is 0.119 e. The van der Waals surface area contributed by atoms with E-state index >= 15 is 0 Å². The molecule has 0 spiro atoms. The van der Waals surface area contributed by atoms with Gasteiger partial charge < -0.3 is 0 Å². The summed E-state index contributed by atoms with van der Waals surface area (Å²) < 4.78 is 0. The Kier molecular flexibility index (Phi) is 3.90. The van der Waals surface area contributed by atoms with E-state index in [0.717, 1.165) is 6.42 Å². The van der Waals surface area contributed by atoms with Crippen LogP contribution in [0.5, 0.6) is 0 Å². The summed E-state index contributed by atoms with van der Waals surface area (Å²) in [7, 11) is 0. The SMILES string of the molecule is CCCCC(C)(Cl)C(C)(C)C. The minimum atomic E-state index is -0.0387. The lowest BCUT2D eigenvalue weighted by molar-refractivity contribution is 0.272. The van der Waals surface area contributed by atoms with Crippen LogP contribution < -0.4 is 0 Å². The van der Waals surface area contributed by atoms with Gasteiger partial charge in [0.05, 0.1) is 0 Å². The second-order valence-electron chi connectivity index (χ2n) is 4.55. The summed E-state index contributed by atoms with van der Waals surface area (Å²) in [5.74, 6) is 0. The molecular weight excluding hydrogens is 156 g/mol. The Morgan fingerprint density at radius 3 is 1.82 bits per heavy atom. The third-order valence-corrected chi connectivity index (χ3v) is 3.32. The average molecular weight is 177 g/mol. The molecule has 0 aromatic carbocycles. The van der Waals surface area contributed by atoms with Crippen molar-refractivity contribution in [1.29, 1.82) is 0 Å². The first kappa shape index (κ1) is 11.3. The molecule has 0 bridgehead atoms. The maximum Gasteiger partial charge on any atom is 0.0466 e. The van der Waals surface area contributed by atoms with Crippen LogP contribution >= 0.6 is 11.6 Å². The van der Waals surface area contributed by atoms with Gasteiger partial charge in [0.15, 0.2) is 0 Å². The fraction of sp³-hybridized carbons (Fsp3) is 1.00. The highest BCUT2D eigenvalue weighted by molar-refractivity contribution is 6.24. The normalized spacial score (nSPS) is 18.0.